The molecule has 0 atom stereocenters. The van der Waals surface area contributed by atoms with Crippen LogP contribution in [0, 0.1) is 0 Å². The van der Waals surface area contributed by atoms with E-state index in [0.29, 0.717) is 18.7 Å². The number of nitrogens with zero attached hydrogens (tertiary/aromatic N) is 4. The lowest BCUT2D eigenvalue weighted by atomic mass is 10.0. The van der Waals surface area contributed by atoms with Gasteiger partial charge in [-0.2, -0.15) is 18.2 Å². The van der Waals surface area contributed by atoms with E-state index in [-0.39, 0.29) is 41.2 Å². The fourth-order valence-corrected chi connectivity index (χ4v) is 4.73. The SMILES string of the molecule is CC(C)(C)OC(=O)Cc1ccc(-c2ccc3nc(Nc4ccc(C(=O)N5CCCC5)cc4OCC(F)(F)F)nn3c2)cc1. The minimum Gasteiger partial charge on any atom is -0.482 e. The second-order valence-corrected chi connectivity index (χ2v) is 11.4. The van der Waals surface area contributed by atoms with Crippen molar-refractivity contribution < 1.29 is 32.2 Å². The molecule has 2 aromatic heterocycles. The predicted octanol–water partition coefficient (Wildman–Crippen LogP) is 6.20. The first kappa shape index (κ1) is 29.9. The number of pyridine rings is 1. The highest BCUT2D eigenvalue weighted by atomic mass is 19.4. The number of carbonyl (C=O) groups excluding carboxylic acids is 2. The number of aromatic nitrogens is 3. The van der Waals surface area contributed by atoms with Gasteiger partial charge in [-0.15, -0.1) is 5.10 Å². The summed E-state index contributed by atoms with van der Waals surface area (Å²) < 4.78 is 51.0. The fraction of sp³-hybridized carbons (Fsp3) is 0.355. The molecule has 9 nitrogen and oxygen atoms in total. The minimum atomic E-state index is -4.56. The van der Waals surface area contributed by atoms with Gasteiger partial charge in [0.1, 0.15) is 11.4 Å². The molecule has 0 bridgehead atoms. The Kier molecular flexibility index (Phi) is 8.30. The van der Waals surface area contributed by atoms with Gasteiger partial charge in [-0.1, -0.05) is 24.3 Å². The number of amides is 1. The number of carbonyl (C=O) groups is 2. The number of anilines is 2. The number of fused-ring (bicyclic) bond motifs is 1. The Hall–Kier alpha value is -4.61. The van der Waals surface area contributed by atoms with Crippen molar-refractivity contribution in [3.05, 3.63) is 71.9 Å². The number of likely N-dealkylation sites (tertiary alicyclic amines) is 1. The zero-order chi connectivity index (χ0) is 30.8. The molecule has 0 unspecified atom stereocenters. The largest absolute Gasteiger partial charge is 0.482 e. The summed E-state index contributed by atoms with van der Waals surface area (Å²) in [6.07, 6.45) is -0.836. The highest BCUT2D eigenvalue weighted by Crippen LogP contribution is 2.31. The monoisotopic (exact) mass is 595 g/mol. The number of alkyl halides is 3. The summed E-state index contributed by atoms with van der Waals surface area (Å²) in [4.78, 5) is 31.1. The van der Waals surface area contributed by atoms with Crippen LogP contribution in [0.5, 0.6) is 5.75 Å². The lowest BCUT2D eigenvalue weighted by Crippen LogP contribution is -2.27. The molecule has 3 heterocycles. The van der Waals surface area contributed by atoms with E-state index >= 15 is 0 Å². The molecule has 2 aromatic carbocycles. The van der Waals surface area contributed by atoms with Gasteiger partial charge in [0.15, 0.2) is 12.3 Å². The second-order valence-electron chi connectivity index (χ2n) is 11.4. The Morgan fingerprint density at radius 1 is 0.953 bits per heavy atom. The third kappa shape index (κ3) is 7.82. The van der Waals surface area contributed by atoms with E-state index in [1.807, 2.05) is 51.1 Å². The number of nitrogens with one attached hydrogen (secondary N) is 1. The Morgan fingerprint density at radius 3 is 2.33 bits per heavy atom. The van der Waals surface area contributed by atoms with Crippen molar-refractivity contribution in [2.24, 2.45) is 0 Å². The zero-order valence-corrected chi connectivity index (χ0v) is 24.1. The zero-order valence-electron chi connectivity index (χ0n) is 24.1. The van der Waals surface area contributed by atoms with Crippen LogP contribution in [0.25, 0.3) is 16.8 Å². The van der Waals surface area contributed by atoms with Crippen LogP contribution in [0.4, 0.5) is 24.8 Å². The van der Waals surface area contributed by atoms with E-state index in [9.17, 15) is 22.8 Å². The van der Waals surface area contributed by atoms with Gasteiger partial charge < -0.3 is 19.7 Å². The first-order chi connectivity index (χ1) is 20.3. The van der Waals surface area contributed by atoms with E-state index in [1.165, 1.54) is 12.1 Å². The molecule has 0 aliphatic carbocycles. The van der Waals surface area contributed by atoms with Gasteiger partial charge in [-0.05, 0) is 75.1 Å². The maximum Gasteiger partial charge on any atom is 0.422 e. The fourth-order valence-electron chi connectivity index (χ4n) is 4.73. The van der Waals surface area contributed by atoms with Crippen molar-refractivity contribution in [2.75, 3.05) is 25.0 Å². The highest BCUT2D eigenvalue weighted by Gasteiger charge is 2.29. The first-order valence-corrected chi connectivity index (χ1v) is 13.9. The van der Waals surface area contributed by atoms with Crippen LogP contribution in [0.2, 0.25) is 0 Å². The van der Waals surface area contributed by atoms with E-state index < -0.39 is 18.4 Å². The van der Waals surface area contributed by atoms with Crippen LogP contribution >= 0.6 is 0 Å². The van der Waals surface area contributed by atoms with Gasteiger partial charge >= 0.3 is 12.1 Å². The van der Waals surface area contributed by atoms with Crippen LogP contribution in [0.15, 0.2) is 60.8 Å². The molecule has 0 radical (unpaired) electrons. The Balaban J connectivity index is 1.34. The smallest absolute Gasteiger partial charge is 0.422 e. The standard InChI is InChI=1S/C31H32F3N5O4/c1-30(2,3)43-27(40)16-20-6-8-21(9-7-20)23-11-13-26-36-29(37-39(26)18-23)35-24-12-10-22(28(41)38-14-4-5-15-38)17-25(24)42-19-31(32,33)34/h6-13,17-18H,4-5,14-16,19H2,1-3H3,(H,35,37). The predicted molar refractivity (Wildman–Crippen MR) is 154 cm³/mol. The van der Waals surface area contributed by atoms with Gasteiger partial charge in [0.05, 0.1) is 12.1 Å². The lowest BCUT2D eigenvalue weighted by molar-refractivity contribution is -0.154. The molecule has 0 saturated carbocycles. The van der Waals surface area contributed by atoms with Gasteiger partial charge in [-0.3, -0.25) is 9.59 Å². The number of esters is 1. The second kappa shape index (κ2) is 11.9. The first-order valence-electron chi connectivity index (χ1n) is 13.9. The highest BCUT2D eigenvalue weighted by molar-refractivity contribution is 5.95. The topological polar surface area (TPSA) is 98.1 Å². The normalized spacial score (nSPS) is 13.8. The number of rotatable bonds is 8. The molecule has 1 amide bonds. The summed E-state index contributed by atoms with van der Waals surface area (Å²) in [5.74, 6) is -0.546. The van der Waals surface area contributed by atoms with Crippen molar-refractivity contribution in [1.82, 2.24) is 19.5 Å². The van der Waals surface area contributed by atoms with Gasteiger partial charge in [-0.25, -0.2) is 4.52 Å². The molecule has 226 valence electrons. The van der Waals surface area contributed by atoms with E-state index in [0.717, 1.165) is 29.5 Å². The summed E-state index contributed by atoms with van der Waals surface area (Å²) in [5.41, 5.74) is 2.95. The van der Waals surface area contributed by atoms with E-state index in [2.05, 4.69) is 15.4 Å². The van der Waals surface area contributed by atoms with Crippen molar-refractivity contribution >= 4 is 29.2 Å². The maximum atomic E-state index is 13.0. The number of hydrogen-bond acceptors (Lipinski definition) is 7. The van der Waals surface area contributed by atoms with Crippen LogP contribution in [0.3, 0.4) is 0 Å². The third-order valence-electron chi connectivity index (χ3n) is 6.65. The quantitative estimate of drug-likeness (QED) is 0.242. The minimum absolute atomic E-state index is 0.131. The maximum absolute atomic E-state index is 13.0. The number of halogens is 3. The molecule has 1 saturated heterocycles. The number of hydrogen-bond donors (Lipinski definition) is 1. The van der Waals surface area contributed by atoms with Crippen molar-refractivity contribution in [3.63, 3.8) is 0 Å². The van der Waals surface area contributed by atoms with Crippen molar-refractivity contribution in [1.29, 1.82) is 0 Å². The third-order valence-corrected chi connectivity index (χ3v) is 6.65. The number of benzene rings is 2. The lowest BCUT2D eigenvalue weighted by Gasteiger charge is -2.19. The Morgan fingerprint density at radius 2 is 1.65 bits per heavy atom. The molecular formula is C31H32F3N5O4. The van der Waals surface area contributed by atoms with Crippen LogP contribution in [-0.2, 0) is 16.0 Å². The number of ether oxygens (including phenoxy) is 2. The average molecular weight is 596 g/mol. The molecule has 1 aliphatic heterocycles. The summed E-state index contributed by atoms with van der Waals surface area (Å²) in [7, 11) is 0. The molecule has 1 aliphatic rings. The van der Waals surface area contributed by atoms with Crippen molar-refractivity contribution in [2.45, 2.75) is 51.8 Å². The molecule has 1 N–H and O–H groups in total. The van der Waals surface area contributed by atoms with Gasteiger partial charge in [0.2, 0.25) is 5.95 Å². The molecule has 0 spiro atoms. The summed E-state index contributed by atoms with van der Waals surface area (Å²) in [6.45, 7) is 5.18. The summed E-state index contributed by atoms with van der Waals surface area (Å²) in [6, 6.07) is 15.5. The summed E-state index contributed by atoms with van der Waals surface area (Å²) in [5, 5.41) is 7.37. The molecule has 1 fully saturated rings. The molecule has 5 rings (SSSR count). The van der Waals surface area contributed by atoms with Crippen LogP contribution in [-0.4, -0.2) is 62.8 Å². The van der Waals surface area contributed by atoms with Crippen LogP contribution in [0.1, 0.15) is 49.5 Å². The summed E-state index contributed by atoms with van der Waals surface area (Å²) >= 11 is 0. The molecule has 4 aromatic rings. The average Bonchev–Trinajstić information content (AvgIpc) is 3.61. The molecule has 12 heteroatoms. The van der Waals surface area contributed by atoms with Gasteiger partial charge in [0, 0.05) is 30.4 Å². The Bertz CT molecular complexity index is 1620. The van der Waals surface area contributed by atoms with E-state index in [1.54, 1.807) is 27.7 Å². The molecule has 43 heavy (non-hydrogen) atoms. The van der Waals surface area contributed by atoms with E-state index in [4.69, 9.17) is 9.47 Å². The Labute approximate surface area is 246 Å². The van der Waals surface area contributed by atoms with Crippen molar-refractivity contribution in [3.8, 4) is 16.9 Å². The molecular weight excluding hydrogens is 563 g/mol. The van der Waals surface area contributed by atoms with Crippen LogP contribution < -0.4 is 10.1 Å². The van der Waals surface area contributed by atoms with Gasteiger partial charge in [0.25, 0.3) is 5.91 Å².